The molecule has 0 saturated heterocycles. The summed E-state index contributed by atoms with van der Waals surface area (Å²) in [5.41, 5.74) is 0.965. The lowest BCUT2D eigenvalue weighted by Crippen LogP contribution is -2.60. The first-order chi connectivity index (χ1) is 14.0. The number of hydrogen-bond acceptors (Lipinski definition) is 5. The van der Waals surface area contributed by atoms with E-state index in [1.807, 2.05) is 35.8 Å². The van der Waals surface area contributed by atoms with Crippen molar-refractivity contribution in [3.63, 3.8) is 0 Å². The Morgan fingerprint density at radius 2 is 1.93 bits per heavy atom. The summed E-state index contributed by atoms with van der Waals surface area (Å²) in [6.45, 7) is 1.96. The van der Waals surface area contributed by atoms with Crippen molar-refractivity contribution in [2.75, 3.05) is 7.11 Å². The molecule has 4 aliphatic carbocycles. The highest BCUT2D eigenvalue weighted by Gasteiger charge is 2.51. The SMILES string of the molecule is COc1cccc(-n2cnnc2S[C@H](C)C(=O)NC23CC4CC(CC(C4)C2)C3)c1. The van der Waals surface area contributed by atoms with Crippen LogP contribution in [-0.2, 0) is 4.79 Å². The fourth-order valence-electron chi connectivity index (χ4n) is 6.08. The van der Waals surface area contributed by atoms with Gasteiger partial charge < -0.3 is 10.1 Å². The number of nitrogens with zero attached hydrogens (tertiary/aromatic N) is 3. The molecule has 1 amide bonds. The Morgan fingerprint density at radius 3 is 2.59 bits per heavy atom. The van der Waals surface area contributed by atoms with Crippen LogP contribution in [0.15, 0.2) is 35.7 Å². The molecule has 2 aromatic rings. The number of ether oxygens (including phenoxy) is 1. The van der Waals surface area contributed by atoms with Crippen LogP contribution in [0, 0.1) is 17.8 Å². The maximum Gasteiger partial charge on any atom is 0.233 e. The molecular weight excluding hydrogens is 384 g/mol. The number of carbonyl (C=O) groups excluding carboxylic acids is 1. The van der Waals surface area contributed by atoms with Gasteiger partial charge in [0.2, 0.25) is 5.91 Å². The molecule has 1 aromatic heterocycles. The van der Waals surface area contributed by atoms with Crippen molar-refractivity contribution < 1.29 is 9.53 Å². The first kappa shape index (κ1) is 19.0. The molecule has 4 fully saturated rings. The molecule has 29 heavy (non-hydrogen) atoms. The molecule has 6 nitrogen and oxygen atoms in total. The zero-order chi connectivity index (χ0) is 20.0. The number of rotatable bonds is 6. The van der Waals surface area contributed by atoms with Gasteiger partial charge in [0, 0.05) is 11.6 Å². The summed E-state index contributed by atoms with van der Waals surface area (Å²) < 4.78 is 7.23. The van der Waals surface area contributed by atoms with E-state index in [9.17, 15) is 4.79 Å². The van der Waals surface area contributed by atoms with Crippen molar-refractivity contribution in [3.8, 4) is 11.4 Å². The zero-order valence-corrected chi connectivity index (χ0v) is 17.8. The molecule has 4 aliphatic rings. The van der Waals surface area contributed by atoms with Crippen molar-refractivity contribution in [3.05, 3.63) is 30.6 Å². The highest BCUT2D eigenvalue weighted by molar-refractivity contribution is 8.00. The number of hydrogen-bond donors (Lipinski definition) is 1. The van der Waals surface area contributed by atoms with E-state index < -0.39 is 0 Å². The lowest BCUT2D eigenvalue weighted by atomic mass is 9.53. The molecule has 0 radical (unpaired) electrons. The summed E-state index contributed by atoms with van der Waals surface area (Å²) in [6.07, 6.45) is 9.32. The van der Waals surface area contributed by atoms with Gasteiger partial charge in [-0.15, -0.1) is 10.2 Å². The van der Waals surface area contributed by atoms with Crippen LogP contribution >= 0.6 is 11.8 Å². The van der Waals surface area contributed by atoms with Crippen LogP contribution in [-0.4, -0.2) is 38.6 Å². The van der Waals surface area contributed by atoms with E-state index in [1.165, 1.54) is 50.3 Å². The molecule has 1 atom stereocenters. The predicted octanol–water partition coefficient (Wildman–Crippen LogP) is 3.84. The van der Waals surface area contributed by atoms with E-state index >= 15 is 0 Å². The Labute approximate surface area is 175 Å². The second-order valence-electron chi connectivity index (χ2n) is 9.13. The Bertz CT molecular complexity index is 876. The average molecular weight is 413 g/mol. The number of nitrogens with one attached hydrogen (secondary N) is 1. The summed E-state index contributed by atoms with van der Waals surface area (Å²) in [5, 5.41) is 12.3. The molecule has 154 valence electrons. The number of amides is 1. The predicted molar refractivity (Wildman–Crippen MR) is 112 cm³/mol. The van der Waals surface area contributed by atoms with Gasteiger partial charge in [0.1, 0.15) is 12.1 Å². The van der Waals surface area contributed by atoms with Gasteiger partial charge in [-0.3, -0.25) is 9.36 Å². The molecule has 0 unspecified atom stereocenters. The van der Waals surface area contributed by atoms with Gasteiger partial charge in [0.15, 0.2) is 5.16 Å². The number of carbonyl (C=O) groups is 1. The van der Waals surface area contributed by atoms with Crippen molar-refractivity contribution in [2.24, 2.45) is 17.8 Å². The first-order valence-electron chi connectivity index (χ1n) is 10.6. The van der Waals surface area contributed by atoms with Gasteiger partial charge in [0.25, 0.3) is 0 Å². The number of benzene rings is 1. The van der Waals surface area contributed by atoms with Crippen LogP contribution < -0.4 is 10.1 Å². The van der Waals surface area contributed by atoms with Crippen molar-refractivity contribution in [2.45, 2.75) is 61.4 Å². The minimum absolute atomic E-state index is 0.0428. The van der Waals surface area contributed by atoms with Crippen LogP contribution in [0.2, 0.25) is 0 Å². The Kier molecular flexibility index (Phi) is 4.81. The molecular formula is C22H28N4O2S. The van der Waals surface area contributed by atoms with Crippen LogP contribution in [0.25, 0.3) is 5.69 Å². The van der Waals surface area contributed by atoms with Gasteiger partial charge in [-0.05, 0) is 75.3 Å². The van der Waals surface area contributed by atoms with E-state index in [0.717, 1.165) is 29.2 Å². The fourth-order valence-corrected chi connectivity index (χ4v) is 6.92. The summed E-state index contributed by atoms with van der Waals surface area (Å²) in [5.74, 6) is 3.36. The van der Waals surface area contributed by atoms with E-state index in [-0.39, 0.29) is 16.7 Å². The molecule has 6 rings (SSSR count). The molecule has 0 spiro atoms. The van der Waals surface area contributed by atoms with Gasteiger partial charge in [-0.1, -0.05) is 17.8 Å². The fraction of sp³-hybridized carbons (Fsp3) is 0.591. The summed E-state index contributed by atoms with van der Waals surface area (Å²) >= 11 is 1.46. The summed E-state index contributed by atoms with van der Waals surface area (Å²) in [4.78, 5) is 13.1. The maximum absolute atomic E-state index is 13.1. The second kappa shape index (κ2) is 7.35. The molecule has 1 N–H and O–H groups in total. The zero-order valence-electron chi connectivity index (χ0n) is 17.0. The molecule has 4 saturated carbocycles. The van der Waals surface area contributed by atoms with Crippen molar-refractivity contribution in [1.29, 1.82) is 0 Å². The average Bonchev–Trinajstić information content (AvgIpc) is 3.14. The number of thioether (sulfide) groups is 1. The van der Waals surface area contributed by atoms with E-state index in [0.29, 0.717) is 5.16 Å². The topological polar surface area (TPSA) is 69.0 Å². The Hall–Kier alpha value is -2.02. The number of methoxy groups -OCH3 is 1. The highest BCUT2D eigenvalue weighted by Crippen LogP contribution is 2.55. The van der Waals surface area contributed by atoms with Crippen molar-refractivity contribution >= 4 is 17.7 Å². The van der Waals surface area contributed by atoms with E-state index in [4.69, 9.17) is 4.74 Å². The molecule has 7 heteroatoms. The minimum atomic E-state index is -0.225. The van der Waals surface area contributed by atoms with Crippen molar-refractivity contribution in [1.82, 2.24) is 20.1 Å². The summed E-state index contributed by atoms with van der Waals surface area (Å²) in [6, 6.07) is 7.76. The minimum Gasteiger partial charge on any atom is -0.497 e. The smallest absolute Gasteiger partial charge is 0.233 e. The Morgan fingerprint density at radius 1 is 1.24 bits per heavy atom. The first-order valence-corrected chi connectivity index (χ1v) is 11.4. The lowest BCUT2D eigenvalue weighted by Gasteiger charge is -2.57. The standard InChI is InChI=1S/C22H28N4O2S/c1-14(20(27)24-22-10-15-6-16(11-22)8-17(7-15)12-22)29-21-25-23-13-26(21)18-4-3-5-19(9-18)28-2/h3-5,9,13-17H,6-8,10-12H2,1-2H3,(H,24,27)/t14-,15?,16?,17?,22?/m1/s1. The van der Waals surface area contributed by atoms with Crippen LogP contribution in [0.3, 0.4) is 0 Å². The second-order valence-corrected chi connectivity index (χ2v) is 10.4. The van der Waals surface area contributed by atoms with Crippen LogP contribution in [0.5, 0.6) is 5.75 Å². The molecule has 4 bridgehead atoms. The Balaban J connectivity index is 1.28. The summed E-state index contributed by atoms with van der Waals surface area (Å²) in [7, 11) is 1.65. The highest BCUT2D eigenvalue weighted by atomic mass is 32.2. The monoisotopic (exact) mass is 412 g/mol. The maximum atomic E-state index is 13.1. The largest absolute Gasteiger partial charge is 0.497 e. The normalized spacial score (nSPS) is 30.9. The van der Waals surface area contributed by atoms with Gasteiger partial charge in [-0.2, -0.15) is 0 Å². The molecule has 0 aliphatic heterocycles. The third-order valence-corrected chi connectivity index (χ3v) is 7.98. The third kappa shape index (κ3) is 3.65. The van der Waals surface area contributed by atoms with Crippen LogP contribution in [0.1, 0.15) is 45.4 Å². The van der Waals surface area contributed by atoms with Gasteiger partial charge in [-0.25, -0.2) is 0 Å². The van der Waals surface area contributed by atoms with E-state index in [2.05, 4.69) is 15.5 Å². The lowest BCUT2D eigenvalue weighted by molar-refractivity contribution is -0.126. The van der Waals surface area contributed by atoms with Gasteiger partial charge in [0.05, 0.1) is 18.0 Å². The van der Waals surface area contributed by atoms with Gasteiger partial charge >= 0.3 is 0 Å². The number of aromatic nitrogens is 3. The van der Waals surface area contributed by atoms with E-state index in [1.54, 1.807) is 13.4 Å². The molecule has 1 heterocycles. The quantitative estimate of drug-likeness (QED) is 0.730. The third-order valence-electron chi connectivity index (χ3n) is 6.93. The molecule has 1 aromatic carbocycles. The van der Waals surface area contributed by atoms with Crippen LogP contribution in [0.4, 0.5) is 0 Å².